The fourth-order valence-corrected chi connectivity index (χ4v) is 2.27. The van der Waals surface area contributed by atoms with Gasteiger partial charge in [0.15, 0.2) is 5.82 Å². The van der Waals surface area contributed by atoms with Crippen LogP contribution in [0, 0.1) is 5.82 Å². The smallest absolute Gasteiger partial charge is 0.160 e. The number of hydrogen-bond acceptors (Lipinski definition) is 2. The summed E-state index contributed by atoms with van der Waals surface area (Å²) >= 11 is 11.5. The molecule has 0 unspecified atom stereocenters. The molecule has 1 aromatic carbocycles. The summed E-state index contributed by atoms with van der Waals surface area (Å²) in [7, 11) is 0. The van der Waals surface area contributed by atoms with E-state index in [0.717, 1.165) is 5.69 Å². The maximum absolute atomic E-state index is 13.3. The number of halogens is 3. The van der Waals surface area contributed by atoms with Crippen molar-refractivity contribution in [1.82, 2.24) is 9.55 Å². The molecule has 0 fully saturated rings. The van der Waals surface area contributed by atoms with Crippen molar-refractivity contribution >= 4 is 28.9 Å². The van der Waals surface area contributed by atoms with Crippen LogP contribution in [-0.4, -0.2) is 9.55 Å². The highest BCUT2D eigenvalue weighted by molar-refractivity contribution is 6.35. The fourth-order valence-electron chi connectivity index (χ4n) is 1.78. The van der Waals surface area contributed by atoms with Crippen LogP contribution >= 0.6 is 23.2 Å². The molecule has 1 N–H and O–H groups in total. The van der Waals surface area contributed by atoms with Gasteiger partial charge in [0, 0.05) is 17.9 Å². The van der Waals surface area contributed by atoms with Crippen molar-refractivity contribution in [2.24, 2.45) is 0 Å². The molecule has 0 amide bonds. The molecule has 0 atom stereocenters. The fraction of sp³-hybridized carbons (Fsp3) is 0.308. The Hall–Kier alpha value is -1.26. The molecule has 102 valence electrons. The molecule has 1 aromatic heterocycles. The predicted molar refractivity (Wildman–Crippen MR) is 76.4 cm³/mol. The van der Waals surface area contributed by atoms with E-state index in [0.29, 0.717) is 18.3 Å². The van der Waals surface area contributed by atoms with Crippen LogP contribution in [0.3, 0.4) is 0 Å². The molecule has 0 spiro atoms. The van der Waals surface area contributed by atoms with E-state index in [2.05, 4.69) is 28.7 Å². The van der Waals surface area contributed by atoms with Gasteiger partial charge in [-0.25, -0.2) is 9.37 Å². The number of nitrogens with zero attached hydrogens (tertiary/aromatic N) is 2. The number of hydrogen-bond donors (Lipinski definition) is 1. The zero-order valence-electron chi connectivity index (χ0n) is 10.6. The summed E-state index contributed by atoms with van der Waals surface area (Å²) in [5.74, 6) is -0.596. The Kier molecular flexibility index (Phi) is 4.32. The Labute approximate surface area is 121 Å². The third-order valence-corrected chi connectivity index (χ3v) is 3.31. The largest absolute Gasteiger partial charge is 0.379 e. The first-order valence-corrected chi connectivity index (χ1v) is 6.63. The van der Waals surface area contributed by atoms with E-state index in [4.69, 9.17) is 23.2 Å². The van der Waals surface area contributed by atoms with Crippen LogP contribution < -0.4 is 5.32 Å². The Morgan fingerprint density at radius 2 is 1.95 bits per heavy atom. The maximum atomic E-state index is 13.3. The van der Waals surface area contributed by atoms with Crippen LogP contribution in [0.2, 0.25) is 10.0 Å². The molecular weight excluding hydrogens is 288 g/mol. The van der Waals surface area contributed by atoms with Crippen LogP contribution in [0.5, 0.6) is 0 Å². The average Bonchev–Trinajstić information content (AvgIpc) is 2.81. The third-order valence-electron chi connectivity index (χ3n) is 2.76. The van der Waals surface area contributed by atoms with Gasteiger partial charge in [-0.1, -0.05) is 23.2 Å². The van der Waals surface area contributed by atoms with Crippen LogP contribution in [0.1, 0.15) is 25.6 Å². The Balaban J connectivity index is 2.13. The number of rotatable bonds is 4. The lowest BCUT2D eigenvalue weighted by molar-refractivity contribution is 0.577. The molecule has 0 saturated carbocycles. The molecule has 2 rings (SSSR count). The minimum atomic E-state index is -0.596. The summed E-state index contributed by atoms with van der Waals surface area (Å²) in [6, 6.07) is 3.36. The minimum Gasteiger partial charge on any atom is -0.379 e. The first-order valence-electron chi connectivity index (χ1n) is 5.88. The maximum Gasteiger partial charge on any atom is 0.160 e. The second-order valence-corrected chi connectivity index (χ2v) is 5.31. The lowest BCUT2D eigenvalue weighted by atomic mass is 10.3. The normalized spacial score (nSPS) is 11.1. The zero-order chi connectivity index (χ0) is 14.0. The van der Waals surface area contributed by atoms with Gasteiger partial charge in [-0.15, -0.1) is 0 Å². The highest BCUT2D eigenvalue weighted by Crippen LogP contribution is 2.27. The van der Waals surface area contributed by atoms with Gasteiger partial charge < -0.3 is 9.88 Å². The van der Waals surface area contributed by atoms with Crippen molar-refractivity contribution in [1.29, 1.82) is 0 Å². The Morgan fingerprint density at radius 1 is 1.32 bits per heavy atom. The molecule has 0 aliphatic heterocycles. The Morgan fingerprint density at radius 3 is 2.53 bits per heavy atom. The van der Waals surface area contributed by atoms with E-state index < -0.39 is 5.82 Å². The van der Waals surface area contributed by atoms with Gasteiger partial charge in [-0.05, 0) is 26.0 Å². The van der Waals surface area contributed by atoms with Gasteiger partial charge in [0.05, 0.1) is 28.6 Å². The van der Waals surface area contributed by atoms with E-state index >= 15 is 0 Å². The Bertz CT molecular complexity index is 558. The van der Waals surface area contributed by atoms with Crippen LogP contribution in [0.4, 0.5) is 10.1 Å². The zero-order valence-corrected chi connectivity index (χ0v) is 12.1. The predicted octanol–water partition coefficient (Wildman–Crippen LogP) is 4.52. The number of anilines is 1. The summed E-state index contributed by atoms with van der Waals surface area (Å²) in [6.45, 7) is 4.73. The molecule has 3 nitrogen and oxygen atoms in total. The highest BCUT2D eigenvalue weighted by Gasteiger charge is 2.09. The van der Waals surface area contributed by atoms with E-state index in [1.165, 1.54) is 12.1 Å². The molecule has 19 heavy (non-hydrogen) atoms. The standard InChI is InChI=1S/C13H14Cl2FN3/c1-8(2)19-7-17-5-10(19)6-18-9-3-11(14)13(16)12(15)4-9/h3-5,7-8,18H,6H2,1-2H3. The summed E-state index contributed by atoms with van der Waals surface area (Å²) in [5.41, 5.74) is 1.71. The summed E-state index contributed by atoms with van der Waals surface area (Å²) in [4.78, 5) is 4.12. The molecule has 0 saturated heterocycles. The van der Waals surface area contributed by atoms with Gasteiger partial charge in [0.25, 0.3) is 0 Å². The monoisotopic (exact) mass is 301 g/mol. The van der Waals surface area contributed by atoms with Gasteiger partial charge >= 0.3 is 0 Å². The van der Waals surface area contributed by atoms with Crippen LogP contribution in [0.15, 0.2) is 24.7 Å². The minimum absolute atomic E-state index is 0.00682. The van der Waals surface area contributed by atoms with E-state index in [9.17, 15) is 4.39 Å². The van der Waals surface area contributed by atoms with Crippen molar-refractivity contribution < 1.29 is 4.39 Å². The van der Waals surface area contributed by atoms with Gasteiger partial charge in [0.1, 0.15) is 0 Å². The van der Waals surface area contributed by atoms with Crippen LogP contribution in [0.25, 0.3) is 0 Å². The van der Waals surface area contributed by atoms with Crippen LogP contribution in [-0.2, 0) is 6.54 Å². The second-order valence-electron chi connectivity index (χ2n) is 4.49. The molecule has 0 aliphatic carbocycles. The first-order chi connectivity index (χ1) is 8.99. The lowest BCUT2D eigenvalue weighted by Gasteiger charge is -2.13. The van der Waals surface area contributed by atoms with Crippen molar-refractivity contribution in [3.05, 3.63) is 46.2 Å². The topological polar surface area (TPSA) is 29.9 Å². The number of imidazole rings is 1. The molecule has 1 heterocycles. The first kappa shape index (κ1) is 14.2. The van der Waals surface area contributed by atoms with Gasteiger partial charge in [0.2, 0.25) is 0 Å². The molecule has 2 aromatic rings. The molecule has 0 radical (unpaired) electrons. The second kappa shape index (κ2) is 5.80. The van der Waals surface area contributed by atoms with E-state index in [1.54, 1.807) is 12.5 Å². The molecule has 0 aliphatic rings. The molecule has 0 bridgehead atoms. The average molecular weight is 302 g/mol. The highest BCUT2D eigenvalue weighted by atomic mass is 35.5. The van der Waals surface area contributed by atoms with Gasteiger partial charge in [-0.3, -0.25) is 0 Å². The summed E-state index contributed by atoms with van der Waals surface area (Å²) in [6.07, 6.45) is 3.58. The van der Waals surface area contributed by atoms with Crippen molar-refractivity contribution in [2.45, 2.75) is 26.4 Å². The molecular formula is C13H14Cl2FN3. The number of benzene rings is 1. The molecule has 6 heteroatoms. The summed E-state index contributed by atoms with van der Waals surface area (Å²) in [5, 5.41) is 3.17. The van der Waals surface area contributed by atoms with E-state index in [-0.39, 0.29) is 10.0 Å². The van der Waals surface area contributed by atoms with Crippen molar-refractivity contribution in [3.8, 4) is 0 Å². The SMILES string of the molecule is CC(C)n1cncc1CNc1cc(Cl)c(F)c(Cl)c1. The quantitative estimate of drug-likeness (QED) is 0.841. The summed E-state index contributed by atoms with van der Waals surface area (Å²) < 4.78 is 15.3. The van der Waals surface area contributed by atoms with Crippen molar-refractivity contribution in [3.63, 3.8) is 0 Å². The third kappa shape index (κ3) is 3.19. The van der Waals surface area contributed by atoms with Crippen molar-refractivity contribution in [2.75, 3.05) is 5.32 Å². The lowest BCUT2D eigenvalue weighted by Crippen LogP contribution is -2.08. The number of aromatic nitrogens is 2. The number of nitrogens with one attached hydrogen (secondary N) is 1. The van der Waals surface area contributed by atoms with E-state index in [1.807, 2.05) is 0 Å². The van der Waals surface area contributed by atoms with Gasteiger partial charge in [-0.2, -0.15) is 0 Å².